The predicted octanol–water partition coefficient (Wildman–Crippen LogP) is 1.50. The lowest BCUT2D eigenvalue weighted by Gasteiger charge is -1.95. The first-order chi connectivity index (χ1) is 8.15. The number of imidazole rings is 1. The highest BCUT2D eigenvalue weighted by Gasteiger charge is 2.03. The van der Waals surface area contributed by atoms with Crippen LogP contribution in [0.2, 0.25) is 0 Å². The van der Waals surface area contributed by atoms with Crippen LogP contribution < -0.4 is 11.5 Å². The molecule has 1 aromatic carbocycles. The van der Waals surface area contributed by atoms with Gasteiger partial charge in [0.25, 0.3) is 0 Å². The molecule has 0 radical (unpaired) electrons. The number of nitrogens with two attached hydrogens (primary N) is 2. The second-order valence-electron chi connectivity index (χ2n) is 3.74. The van der Waals surface area contributed by atoms with Gasteiger partial charge in [0.2, 0.25) is 5.91 Å². The van der Waals surface area contributed by atoms with Crippen molar-refractivity contribution in [2.24, 2.45) is 5.73 Å². The van der Waals surface area contributed by atoms with Crippen LogP contribution in [-0.4, -0.2) is 21.6 Å². The van der Waals surface area contributed by atoms with E-state index < -0.39 is 0 Å². The normalized spacial score (nSPS) is 10.8. The molecule has 5 nitrogen and oxygen atoms in total. The Hall–Kier alpha value is -1.69. The van der Waals surface area contributed by atoms with Gasteiger partial charge in [0, 0.05) is 17.9 Å². The van der Waals surface area contributed by atoms with Crippen molar-refractivity contribution in [3.63, 3.8) is 0 Å². The molecular weight excluding hydrogens is 236 g/mol. The molecule has 0 saturated heterocycles. The summed E-state index contributed by atoms with van der Waals surface area (Å²) in [4.78, 5) is 18.2. The van der Waals surface area contributed by atoms with Crippen molar-refractivity contribution in [2.75, 3.05) is 11.5 Å². The number of nitrogen functional groups attached to an aromatic ring is 1. The molecule has 0 bridgehead atoms. The van der Waals surface area contributed by atoms with Crippen LogP contribution in [0.4, 0.5) is 5.69 Å². The molecular formula is C11H14N4OS. The lowest BCUT2D eigenvalue weighted by Crippen LogP contribution is -2.09. The van der Waals surface area contributed by atoms with Crippen LogP contribution >= 0.6 is 11.8 Å². The monoisotopic (exact) mass is 250 g/mol. The van der Waals surface area contributed by atoms with E-state index >= 15 is 0 Å². The number of carbonyl (C=O) groups excluding carboxylic acids is 1. The Balaban J connectivity index is 1.97. The zero-order chi connectivity index (χ0) is 12.3. The summed E-state index contributed by atoms with van der Waals surface area (Å²) in [6.07, 6.45) is 1.18. The van der Waals surface area contributed by atoms with E-state index in [1.54, 1.807) is 11.8 Å². The van der Waals surface area contributed by atoms with Crippen LogP contribution in [0.15, 0.2) is 23.4 Å². The molecule has 2 aromatic rings. The summed E-state index contributed by atoms with van der Waals surface area (Å²) < 4.78 is 0. The van der Waals surface area contributed by atoms with Crippen LogP contribution in [0.3, 0.4) is 0 Å². The van der Waals surface area contributed by atoms with Gasteiger partial charge in [-0.1, -0.05) is 11.8 Å². The average molecular weight is 250 g/mol. The number of aromatic nitrogens is 2. The summed E-state index contributed by atoms with van der Waals surface area (Å²) in [5, 5.41) is 0.843. The quantitative estimate of drug-likeness (QED) is 0.425. The summed E-state index contributed by atoms with van der Waals surface area (Å²) in [5.74, 6) is 0.557. The lowest BCUT2D eigenvalue weighted by molar-refractivity contribution is -0.118. The highest BCUT2D eigenvalue weighted by molar-refractivity contribution is 7.99. The first-order valence-corrected chi connectivity index (χ1v) is 6.30. The average Bonchev–Trinajstić information content (AvgIpc) is 2.66. The standard InChI is InChI=1S/C11H14N4OS/c12-7-3-4-8-9(6-7)15-11(14-8)17-5-1-2-10(13)16/h3-4,6H,1-2,5,12H2,(H2,13,16)(H,14,15). The van der Waals surface area contributed by atoms with Crippen LogP contribution in [0.25, 0.3) is 11.0 Å². The van der Waals surface area contributed by atoms with Crippen molar-refractivity contribution in [2.45, 2.75) is 18.0 Å². The van der Waals surface area contributed by atoms with Gasteiger partial charge in [-0.2, -0.15) is 0 Å². The molecule has 6 heteroatoms. The third-order valence-electron chi connectivity index (χ3n) is 2.29. The minimum atomic E-state index is -0.261. The van der Waals surface area contributed by atoms with Gasteiger partial charge in [0.1, 0.15) is 0 Å². The highest BCUT2D eigenvalue weighted by Crippen LogP contribution is 2.21. The van der Waals surface area contributed by atoms with E-state index in [0.29, 0.717) is 12.1 Å². The number of aromatic amines is 1. The number of primary amides is 1. The van der Waals surface area contributed by atoms with Gasteiger partial charge >= 0.3 is 0 Å². The minimum absolute atomic E-state index is 0.261. The summed E-state index contributed by atoms with van der Waals surface area (Å²) in [5.41, 5.74) is 13.3. The molecule has 2 rings (SSSR count). The Morgan fingerprint density at radius 3 is 3.06 bits per heavy atom. The topological polar surface area (TPSA) is 97.8 Å². The minimum Gasteiger partial charge on any atom is -0.399 e. The molecule has 5 N–H and O–H groups in total. The molecule has 17 heavy (non-hydrogen) atoms. The lowest BCUT2D eigenvalue weighted by atomic mass is 10.3. The van der Waals surface area contributed by atoms with Gasteiger partial charge in [-0.3, -0.25) is 4.79 Å². The van der Waals surface area contributed by atoms with Crippen molar-refractivity contribution in [3.05, 3.63) is 18.2 Å². The molecule has 0 unspecified atom stereocenters. The highest BCUT2D eigenvalue weighted by atomic mass is 32.2. The first-order valence-electron chi connectivity index (χ1n) is 5.31. The second kappa shape index (κ2) is 5.09. The fourth-order valence-corrected chi connectivity index (χ4v) is 2.31. The Labute approximate surface area is 103 Å². The maximum absolute atomic E-state index is 10.6. The molecule has 0 fully saturated rings. The zero-order valence-corrected chi connectivity index (χ0v) is 10.1. The van der Waals surface area contributed by atoms with E-state index in [9.17, 15) is 4.79 Å². The zero-order valence-electron chi connectivity index (χ0n) is 9.27. The maximum atomic E-state index is 10.6. The number of hydrogen-bond acceptors (Lipinski definition) is 4. The third-order valence-corrected chi connectivity index (χ3v) is 3.25. The van der Waals surface area contributed by atoms with Crippen LogP contribution in [0, 0.1) is 0 Å². The van der Waals surface area contributed by atoms with Gasteiger partial charge in [-0.25, -0.2) is 4.98 Å². The summed E-state index contributed by atoms with van der Waals surface area (Å²) >= 11 is 1.58. The molecule has 1 amide bonds. The van der Waals surface area contributed by atoms with Gasteiger partial charge in [-0.05, 0) is 24.6 Å². The molecule has 0 atom stereocenters. The van der Waals surface area contributed by atoms with Crippen molar-refractivity contribution in [3.8, 4) is 0 Å². The SMILES string of the molecule is NC(=O)CCCSc1nc2ccc(N)cc2[nH]1. The van der Waals surface area contributed by atoms with E-state index in [1.807, 2.05) is 18.2 Å². The van der Waals surface area contributed by atoms with Crippen molar-refractivity contribution in [1.29, 1.82) is 0 Å². The number of thioether (sulfide) groups is 1. The van der Waals surface area contributed by atoms with Gasteiger partial charge in [0.05, 0.1) is 11.0 Å². The molecule has 0 aliphatic carbocycles. The van der Waals surface area contributed by atoms with E-state index in [1.165, 1.54) is 0 Å². The fraction of sp³-hybridized carbons (Fsp3) is 0.273. The number of rotatable bonds is 5. The first kappa shape index (κ1) is 11.8. The second-order valence-corrected chi connectivity index (χ2v) is 4.82. The summed E-state index contributed by atoms with van der Waals surface area (Å²) in [6.45, 7) is 0. The van der Waals surface area contributed by atoms with E-state index in [2.05, 4.69) is 9.97 Å². The molecule has 0 saturated carbocycles. The summed E-state index contributed by atoms with van der Waals surface area (Å²) in [7, 11) is 0. The van der Waals surface area contributed by atoms with Gasteiger partial charge in [-0.15, -0.1) is 0 Å². The Morgan fingerprint density at radius 1 is 1.47 bits per heavy atom. The predicted molar refractivity (Wildman–Crippen MR) is 69.7 cm³/mol. The van der Waals surface area contributed by atoms with E-state index in [0.717, 1.165) is 28.4 Å². The van der Waals surface area contributed by atoms with Gasteiger partial charge < -0.3 is 16.5 Å². The number of benzene rings is 1. The van der Waals surface area contributed by atoms with E-state index in [-0.39, 0.29) is 5.91 Å². The number of fused-ring (bicyclic) bond motifs is 1. The number of amides is 1. The van der Waals surface area contributed by atoms with Crippen molar-refractivity contribution < 1.29 is 4.79 Å². The Bertz CT molecular complexity index is 537. The molecule has 0 aliphatic heterocycles. The number of nitrogens with zero attached hydrogens (tertiary/aromatic N) is 1. The van der Waals surface area contributed by atoms with E-state index in [4.69, 9.17) is 11.5 Å². The van der Waals surface area contributed by atoms with Crippen LogP contribution in [0.5, 0.6) is 0 Å². The number of H-pyrrole nitrogens is 1. The molecule has 0 spiro atoms. The van der Waals surface area contributed by atoms with Crippen molar-refractivity contribution in [1.82, 2.24) is 9.97 Å². The molecule has 0 aliphatic rings. The number of hydrogen-bond donors (Lipinski definition) is 3. The largest absolute Gasteiger partial charge is 0.399 e. The fourth-order valence-electron chi connectivity index (χ4n) is 1.49. The number of anilines is 1. The smallest absolute Gasteiger partial charge is 0.217 e. The molecule has 1 heterocycles. The van der Waals surface area contributed by atoms with Crippen LogP contribution in [0.1, 0.15) is 12.8 Å². The number of carbonyl (C=O) groups is 1. The Kier molecular flexibility index (Phi) is 3.53. The molecule has 90 valence electrons. The summed E-state index contributed by atoms with van der Waals surface area (Å²) in [6, 6.07) is 5.56. The van der Waals surface area contributed by atoms with Crippen LogP contribution in [-0.2, 0) is 4.79 Å². The number of nitrogens with one attached hydrogen (secondary N) is 1. The van der Waals surface area contributed by atoms with Gasteiger partial charge in [0.15, 0.2) is 5.16 Å². The third kappa shape index (κ3) is 3.13. The van der Waals surface area contributed by atoms with Crippen molar-refractivity contribution >= 4 is 34.4 Å². The Morgan fingerprint density at radius 2 is 2.29 bits per heavy atom. The maximum Gasteiger partial charge on any atom is 0.217 e. The molecule has 1 aromatic heterocycles.